The average molecular weight is 296 g/mol. The molecule has 1 amide bonds. The van der Waals surface area contributed by atoms with E-state index in [1.165, 1.54) is 5.56 Å². The van der Waals surface area contributed by atoms with Crippen LogP contribution >= 0.6 is 12.2 Å². The van der Waals surface area contributed by atoms with Crippen molar-refractivity contribution in [3.8, 4) is 0 Å². The van der Waals surface area contributed by atoms with Crippen molar-refractivity contribution in [2.75, 3.05) is 4.90 Å². The van der Waals surface area contributed by atoms with E-state index in [1.807, 2.05) is 47.4 Å². The van der Waals surface area contributed by atoms with Gasteiger partial charge in [0.05, 0.1) is 12.5 Å². The van der Waals surface area contributed by atoms with E-state index in [1.54, 1.807) is 0 Å². The van der Waals surface area contributed by atoms with Crippen LogP contribution in [0, 0.1) is 6.92 Å². The number of anilines is 1. The van der Waals surface area contributed by atoms with E-state index in [-0.39, 0.29) is 11.9 Å². The Bertz CT molecular complexity index is 667. The van der Waals surface area contributed by atoms with Gasteiger partial charge in [-0.3, -0.25) is 4.79 Å². The smallest absolute Gasteiger partial charge is 0.228 e. The van der Waals surface area contributed by atoms with E-state index in [9.17, 15) is 4.79 Å². The lowest BCUT2D eigenvalue weighted by atomic mass is 9.99. The van der Waals surface area contributed by atoms with E-state index < -0.39 is 0 Å². The van der Waals surface area contributed by atoms with Crippen LogP contribution in [-0.4, -0.2) is 11.0 Å². The summed E-state index contributed by atoms with van der Waals surface area (Å²) in [4.78, 5) is 13.9. The Labute approximate surface area is 129 Å². The number of thiocarbonyl (C=S) groups is 1. The molecule has 0 spiro atoms. The minimum atomic E-state index is -0.0600. The molecule has 1 atom stereocenters. The molecular formula is C17H16N2OS. The zero-order chi connectivity index (χ0) is 14.8. The second kappa shape index (κ2) is 5.66. The summed E-state index contributed by atoms with van der Waals surface area (Å²) in [5.41, 5.74) is 3.29. The first kappa shape index (κ1) is 13.8. The summed E-state index contributed by atoms with van der Waals surface area (Å²) in [5.74, 6) is -0.0304. The van der Waals surface area contributed by atoms with Gasteiger partial charge >= 0.3 is 0 Å². The van der Waals surface area contributed by atoms with Gasteiger partial charge in [-0.25, -0.2) is 0 Å². The molecule has 106 valence electrons. The van der Waals surface area contributed by atoms with Gasteiger partial charge in [0.2, 0.25) is 5.91 Å². The van der Waals surface area contributed by atoms with Crippen LogP contribution in [0.25, 0.3) is 0 Å². The first-order valence-electron chi connectivity index (χ1n) is 6.90. The molecule has 4 heteroatoms. The Morgan fingerprint density at radius 2 is 1.76 bits per heavy atom. The largest absolute Gasteiger partial charge is 0.311 e. The van der Waals surface area contributed by atoms with Gasteiger partial charge in [-0.15, -0.1) is 0 Å². The molecule has 1 saturated heterocycles. The van der Waals surface area contributed by atoms with Gasteiger partial charge in [0, 0.05) is 5.69 Å². The number of carbonyl (C=O) groups excluding carboxylic acids is 1. The molecule has 0 saturated carbocycles. The molecule has 1 aliphatic rings. The summed E-state index contributed by atoms with van der Waals surface area (Å²) in [6.07, 6.45) is 0.401. The van der Waals surface area contributed by atoms with Gasteiger partial charge in [0.15, 0.2) is 5.11 Å². The van der Waals surface area contributed by atoms with Crippen molar-refractivity contribution >= 4 is 28.9 Å². The van der Waals surface area contributed by atoms with Gasteiger partial charge in [0.25, 0.3) is 0 Å². The first-order valence-corrected chi connectivity index (χ1v) is 7.30. The summed E-state index contributed by atoms with van der Waals surface area (Å²) in [5, 5.41) is 3.22. The summed E-state index contributed by atoms with van der Waals surface area (Å²) in [7, 11) is 0. The molecule has 0 aromatic heterocycles. The standard InChI is InChI=1S/C17H16N2OS/c1-12-7-9-14(10-8-12)19-15(11-16(20)18-17(19)21)13-5-3-2-4-6-13/h2-10,15H,11H2,1H3,(H,18,20,21). The van der Waals surface area contributed by atoms with E-state index in [2.05, 4.69) is 24.4 Å². The highest BCUT2D eigenvalue weighted by molar-refractivity contribution is 7.80. The molecular weight excluding hydrogens is 280 g/mol. The lowest BCUT2D eigenvalue weighted by Crippen LogP contribution is -2.51. The van der Waals surface area contributed by atoms with Gasteiger partial charge in [-0.1, -0.05) is 48.0 Å². The van der Waals surface area contributed by atoms with Crippen molar-refractivity contribution in [1.82, 2.24) is 5.32 Å². The number of aryl methyl sites for hydroxylation is 1. The molecule has 1 aliphatic heterocycles. The van der Waals surface area contributed by atoms with Crippen molar-refractivity contribution in [3.63, 3.8) is 0 Å². The third-order valence-corrected chi connectivity index (χ3v) is 3.95. The average Bonchev–Trinajstić information content (AvgIpc) is 2.49. The van der Waals surface area contributed by atoms with Crippen LogP contribution in [0.15, 0.2) is 54.6 Å². The van der Waals surface area contributed by atoms with Crippen LogP contribution in [0.5, 0.6) is 0 Å². The minimum absolute atomic E-state index is 0.0304. The van der Waals surface area contributed by atoms with Gasteiger partial charge in [-0.05, 0) is 36.8 Å². The van der Waals surface area contributed by atoms with Gasteiger partial charge < -0.3 is 10.2 Å². The van der Waals surface area contributed by atoms with Crippen LogP contribution in [0.2, 0.25) is 0 Å². The summed E-state index contributed by atoms with van der Waals surface area (Å²) < 4.78 is 0. The fraction of sp³-hybridized carbons (Fsp3) is 0.176. The lowest BCUT2D eigenvalue weighted by Gasteiger charge is -2.37. The molecule has 3 nitrogen and oxygen atoms in total. The van der Waals surface area contributed by atoms with E-state index in [4.69, 9.17) is 12.2 Å². The van der Waals surface area contributed by atoms with Crippen molar-refractivity contribution in [2.45, 2.75) is 19.4 Å². The molecule has 1 N–H and O–H groups in total. The topological polar surface area (TPSA) is 32.3 Å². The fourth-order valence-electron chi connectivity index (χ4n) is 2.58. The molecule has 1 heterocycles. The summed E-state index contributed by atoms with van der Waals surface area (Å²) >= 11 is 5.39. The highest BCUT2D eigenvalue weighted by atomic mass is 32.1. The minimum Gasteiger partial charge on any atom is -0.311 e. The summed E-state index contributed by atoms with van der Waals surface area (Å²) in [6.45, 7) is 2.05. The molecule has 2 aromatic rings. The normalized spacial score (nSPS) is 18.5. The molecule has 0 radical (unpaired) electrons. The molecule has 1 unspecified atom stereocenters. The number of carbonyl (C=O) groups is 1. The van der Waals surface area contributed by atoms with E-state index in [0.29, 0.717) is 11.5 Å². The Morgan fingerprint density at radius 3 is 2.43 bits per heavy atom. The molecule has 2 aromatic carbocycles. The number of rotatable bonds is 2. The monoisotopic (exact) mass is 296 g/mol. The third-order valence-electron chi connectivity index (χ3n) is 3.65. The van der Waals surface area contributed by atoms with E-state index in [0.717, 1.165) is 11.3 Å². The number of amides is 1. The van der Waals surface area contributed by atoms with Crippen LogP contribution in [0.4, 0.5) is 5.69 Å². The van der Waals surface area contributed by atoms with Crippen molar-refractivity contribution < 1.29 is 4.79 Å². The second-order valence-corrected chi connectivity index (χ2v) is 5.58. The van der Waals surface area contributed by atoms with Crippen LogP contribution in [-0.2, 0) is 4.79 Å². The Balaban J connectivity index is 2.03. The highest BCUT2D eigenvalue weighted by Crippen LogP contribution is 2.32. The zero-order valence-corrected chi connectivity index (χ0v) is 12.6. The fourth-order valence-corrected chi connectivity index (χ4v) is 2.93. The maximum Gasteiger partial charge on any atom is 0.228 e. The number of benzene rings is 2. The van der Waals surface area contributed by atoms with Crippen LogP contribution in [0.3, 0.4) is 0 Å². The van der Waals surface area contributed by atoms with Crippen LogP contribution in [0.1, 0.15) is 23.6 Å². The Kier molecular flexibility index (Phi) is 3.71. The van der Waals surface area contributed by atoms with E-state index >= 15 is 0 Å². The molecule has 3 rings (SSSR count). The van der Waals surface area contributed by atoms with Gasteiger partial charge in [0.1, 0.15) is 0 Å². The Hall–Kier alpha value is -2.20. The van der Waals surface area contributed by atoms with Crippen molar-refractivity contribution in [3.05, 3.63) is 65.7 Å². The van der Waals surface area contributed by atoms with Crippen LogP contribution < -0.4 is 10.2 Å². The molecule has 21 heavy (non-hydrogen) atoms. The maximum atomic E-state index is 11.9. The molecule has 0 bridgehead atoms. The predicted octanol–water partition coefficient (Wildman–Crippen LogP) is 3.35. The Morgan fingerprint density at radius 1 is 1.10 bits per heavy atom. The third kappa shape index (κ3) is 2.81. The predicted molar refractivity (Wildman–Crippen MR) is 88.2 cm³/mol. The first-order chi connectivity index (χ1) is 10.1. The summed E-state index contributed by atoms with van der Waals surface area (Å²) in [6, 6.07) is 18.1. The highest BCUT2D eigenvalue weighted by Gasteiger charge is 2.32. The molecule has 0 aliphatic carbocycles. The zero-order valence-electron chi connectivity index (χ0n) is 11.7. The maximum absolute atomic E-state index is 11.9. The van der Waals surface area contributed by atoms with Crippen molar-refractivity contribution in [1.29, 1.82) is 0 Å². The number of nitrogens with zero attached hydrogens (tertiary/aromatic N) is 1. The van der Waals surface area contributed by atoms with Crippen molar-refractivity contribution in [2.24, 2.45) is 0 Å². The molecule has 1 fully saturated rings. The number of hydrogen-bond acceptors (Lipinski definition) is 2. The number of nitrogens with one attached hydrogen (secondary N) is 1. The number of hydrogen-bond donors (Lipinski definition) is 1. The quantitative estimate of drug-likeness (QED) is 0.863. The lowest BCUT2D eigenvalue weighted by molar-refractivity contribution is -0.120. The SMILES string of the molecule is Cc1ccc(N2C(=S)NC(=O)CC2c2ccccc2)cc1. The van der Waals surface area contributed by atoms with Gasteiger partial charge in [-0.2, -0.15) is 0 Å². The second-order valence-electron chi connectivity index (χ2n) is 5.19.